The lowest BCUT2D eigenvalue weighted by Gasteiger charge is -2.24. The maximum atomic E-state index is 13.2. The van der Waals surface area contributed by atoms with Crippen LogP contribution in [-0.4, -0.2) is 40.1 Å². The smallest absolute Gasteiger partial charge is 0.325 e. The highest BCUT2D eigenvalue weighted by Gasteiger charge is 2.27. The van der Waals surface area contributed by atoms with E-state index in [-0.39, 0.29) is 44.5 Å². The fraction of sp³-hybridized carbons (Fsp3) is 0.286. The maximum absolute atomic E-state index is 13.2. The number of carbonyl (C=O) groups is 1. The molecule has 0 fully saturated rings. The van der Waals surface area contributed by atoms with E-state index in [0.29, 0.717) is 12.8 Å². The van der Waals surface area contributed by atoms with E-state index in [1.54, 1.807) is 6.20 Å². The Hall–Kier alpha value is -2.54. The Morgan fingerprint density at radius 2 is 2.15 bits per heavy atom. The molecular weight excluding hydrogens is 555 g/mol. The number of carboxylic acids is 1. The molecule has 0 unspecified atom stereocenters. The highest BCUT2D eigenvalue weighted by atomic mass is 79.9. The first-order valence-corrected chi connectivity index (χ1v) is 13.0. The Morgan fingerprint density at radius 1 is 1.35 bits per heavy atom. The largest absolute Gasteiger partial charge is 0.480 e. The summed E-state index contributed by atoms with van der Waals surface area (Å²) in [5.74, 6) is -1.61. The Kier molecular flexibility index (Phi) is 7.22. The molecule has 0 saturated heterocycles. The molecule has 0 bridgehead atoms. The van der Waals surface area contributed by atoms with Gasteiger partial charge in [-0.3, -0.25) is 14.8 Å². The van der Waals surface area contributed by atoms with Crippen LogP contribution in [0.4, 0.5) is 4.39 Å². The number of aromatic nitrogens is 3. The fourth-order valence-corrected chi connectivity index (χ4v) is 5.59. The van der Waals surface area contributed by atoms with E-state index in [0.717, 1.165) is 23.7 Å². The average Bonchev–Trinajstić information content (AvgIpc) is 3.18. The Morgan fingerprint density at radius 3 is 2.85 bits per heavy atom. The number of hydrogen-bond donors (Lipinski definition) is 2. The fourth-order valence-electron chi connectivity index (χ4n) is 3.70. The number of nitrogens with one attached hydrogen (secondary N) is 1. The molecule has 1 aromatic carbocycles. The molecule has 0 amide bonds. The van der Waals surface area contributed by atoms with Gasteiger partial charge in [-0.1, -0.05) is 11.6 Å². The van der Waals surface area contributed by atoms with Gasteiger partial charge in [-0.15, -0.1) is 0 Å². The van der Waals surface area contributed by atoms with Crippen LogP contribution in [0.5, 0.6) is 11.6 Å². The minimum atomic E-state index is -3.76. The molecule has 9 nitrogen and oxygen atoms in total. The van der Waals surface area contributed by atoms with Gasteiger partial charge in [0.05, 0.1) is 20.6 Å². The number of hydrogen-bond acceptors (Lipinski definition) is 7. The van der Waals surface area contributed by atoms with Gasteiger partial charge in [-0.2, -0.15) is 5.10 Å². The number of pyridine rings is 1. The van der Waals surface area contributed by atoms with Gasteiger partial charge in [-0.05, 0) is 59.5 Å². The number of nitrogens with zero attached hydrogens (tertiary/aromatic N) is 3. The Balaban J connectivity index is 1.47. The molecule has 4 rings (SSSR count). The lowest BCUT2D eigenvalue weighted by molar-refractivity contribution is -0.137. The summed E-state index contributed by atoms with van der Waals surface area (Å²) in [6.07, 6.45) is 4.93. The number of aliphatic carboxylic acids is 1. The van der Waals surface area contributed by atoms with Crippen molar-refractivity contribution in [2.24, 2.45) is 0 Å². The summed E-state index contributed by atoms with van der Waals surface area (Å²) >= 11 is 9.22. The minimum absolute atomic E-state index is 0.0259. The minimum Gasteiger partial charge on any atom is -0.480 e. The molecular formula is C21H19BrClFN4O5S. The molecule has 34 heavy (non-hydrogen) atoms. The summed E-state index contributed by atoms with van der Waals surface area (Å²) in [6, 6.07) is 4.73. The zero-order valence-electron chi connectivity index (χ0n) is 17.5. The van der Waals surface area contributed by atoms with Crippen LogP contribution in [0.1, 0.15) is 30.1 Å². The molecule has 1 aliphatic rings. The highest BCUT2D eigenvalue weighted by Crippen LogP contribution is 2.34. The second kappa shape index (κ2) is 9.98. The summed E-state index contributed by atoms with van der Waals surface area (Å²) < 4.78 is 46.4. The molecule has 1 atom stereocenters. The third kappa shape index (κ3) is 5.40. The molecule has 0 saturated carbocycles. The van der Waals surface area contributed by atoms with E-state index in [2.05, 4.69) is 31.3 Å². The van der Waals surface area contributed by atoms with Crippen LogP contribution in [0.2, 0.25) is 5.02 Å². The van der Waals surface area contributed by atoms with Crippen LogP contribution in [0, 0.1) is 5.82 Å². The molecule has 180 valence electrons. The number of sulfone groups is 1. The zero-order chi connectivity index (χ0) is 24.5. The summed E-state index contributed by atoms with van der Waals surface area (Å²) in [7, 11) is -3.76. The number of rotatable bonds is 8. The number of carboxylic acid groups (broad SMARTS) is 1. The summed E-state index contributed by atoms with van der Waals surface area (Å²) in [5, 5.41) is 16.3. The zero-order valence-corrected chi connectivity index (χ0v) is 20.7. The standard InChI is InChI=1S/C21H19BrClFN4O5S/c22-15-7-13(8-25-21(15)33-19-5-4-12(24)6-16(19)23)34(31,32)11-26-17-2-1-3-18-14(17)9-27-28(18)10-20(29)30/h4-9,17,26H,1-3,10-11H2,(H,29,30)/t17-/m1/s1. The van der Waals surface area contributed by atoms with Crippen LogP contribution >= 0.6 is 27.5 Å². The number of ether oxygens (including phenoxy) is 1. The number of fused-ring (bicyclic) bond motifs is 1. The van der Waals surface area contributed by atoms with E-state index >= 15 is 0 Å². The second-order valence-corrected chi connectivity index (χ2v) is 10.9. The molecule has 2 aromatic heterocycles. The summed E-state index contributed by atoms with van der Waals surface area (Å²) in [6.45, 7) is -0.238. The molecule has 0 radical (unpaired) electrons. The first-order chi connectivity index (χ1) is 16.1. The Bertz CT molecular complexity index is 1350. The van der Waals surface area contributed by atoms with Gasteiger partial charge in [0.2, 0.25) is 5.88 Å². The topological polar surface area (TPSA) is 123 Å². The van der Waals surface area contributed by atoms with Crippen LogP contribution < -0.4 is 10.1 Å². The lowest BCUT2D eigenvalue weighted by Crippen LogP contribution is -2.30. The van der Waals surface area contributed by atoms with Crippen molar-refractivity contribution in [2.45, 2.75) is 36.7 Å². The van der Waals surface area contributed by atoms with Gasteiger partial charge in [0.15, 0.2) is 9.84 Å². The van der Waals surface area contributed by atoms with Crippen molar-refractivity contribution in [3.05, 3.63) is 63.2 Å². The summed E-state index contributed by atoms with van der Waals surface area (Å²) in [4.78, 5) is 15.1. The SMILES string of the molecule is O=C(O)Cn1ncc2c1CCC[C@H]2NCS(=O)(=O)c1cnc(Oc2ccc(F)cc2Cl)c(Br)c1. The van der Waals surface area contributed by atoms with Crippen LogP contribution in [-0.2, 0) is 27.6 Å². The number of halogens is 3. The van der Waals surface area contributed by atoms with E-state index < -0.39 is 21.6 Å². The highest BCUT2D eigenvalue weighted by molar-refractivity contribution is 9.10. The van der Waals surface area contributed by atoms with Gasteiger partial charge in [0, 0.05) is 23.5 Å². The van der Waals surface area contributed by atoms with Gasteiger partial charge in [0.25, 0.3) is 0 Å². The molecule has 13 heteroatoms. The quantitative estimate of drug-likeness (QED) is 0.413. The molecule has 1 aliphatic carbocycles. The molecule has 2 N–H and O–H groups in total. The monoisotopic (exact) mass is 572 g/mol. The predicted molar refractivity (Wildman–Crippen MR) is 124 cm³/mol. The normalized spacial score (nSPS) is 15.7. The predicted octanol–water partition coefficient (Wildman–Crippen LogP) is 4.11. The first-order valence-electron chi connectivity index (χ1n) is 10.1. The van der Waals surface area contributed by atoms with Crippen molar-refractivity contribution in [1.82, 2.24) is 20.1 Å². The van der Waals surface area contributed by atoms with Gasteiger partial charge in [0.1, 0.15) is 24.0 Å². The van der Waals surface area contributed by atoms with E-state index in [1.165, 1.54) is 29.1 Å². The average molecular weight is 574 g/mol. The molecule has 2 heterocycles. The van der Waals surface area contributed by atoms with Crippen molar-refractivity contribution in [2.75, 3.05) is 5.88 Å². The van der Waals surface area contributed by atoms with E-state index in [4.69, 9.17) is 21.4 Å². The van der Waals surface area contributed by atoms with Gasteiger partial charge < -0.3 is 9.84 Å². The van der Waals surface area contributed by atoms with E-state index in [1.807, 2.05) is 0 Å². The second-order valence-electron chi connectivity index (χ2n) is 7.64. The number of benzene rings is 1. The first kappa shape index (κ1) is 24.6. The van der Waals surface area contributed by atoms with Gasteiger partial charge in [-0.25, -0.2) is 17.8 Å². The lowest BCUT2D eigenvalue weighted by atomic mass is 9.93. The molecule has 0 aliphatic heterocycles. The van der Waals surface area contributed by atoms with Gasteiger partial charge >= 0.3 is 5.97 Å². The molecule has 0 spiro atoms. The molecule has 3 aromatic rings. The van der Waals surface area contributed by atoms with Crippen molar-refractivity contribution in [1.29, 1.82) is 0 Å². The van der Waals surface area contributed by atoms with Crippen LogP contribution in [0.15, 0.2) is 46.0 Å². The van der Waals surface area contributed by atoms with Crippen molar-refractivity contribution in [3.8, 4) is 11.6 Å². The Labute approximate surface area is 208 Å². The van der Waals surface area contributed by atoms with Crippen LogP contribution in [0.3, 0.4) is 0 Å². The third-order valence-corrected chi connectivity index (χ3v) is 7.66. The van der Waals surface area contributed by atoms with Crippen molar-refractivity contribution < 1.29 is 27.4 Å². The van der Waals surface area contributed by atoms with Crippen molar-refractivity contribution >= 4 is 43.3 Å². The van der Waals surface area contributed by atoms with Crippen LogP contribution in [0.25, 0.3) is 0 Å². The summed E-state index contributed by atoms with van der Waals surface area (Å²) in [5.41, 5.74) is 1.61. The maximum Gasteiger partial charge on any atom is 0.325 e. The third-order valence-electron chi connectivity index (χ3n) is 5.31. The van der Waals surface area contributed by atoms with Crippen molar-refractivity contribution in [3.63, 3.8) is 0 Å². The van der Waals surface area contributed by atoms with E-state index in [9.17, 15) is 17.6 Å².